The third-order valence-corrected chi connectivity index (χ3v) is 6.39. The van der Waals surface area contributed by atoms with Gasteiger partial charge in [0.15, 0.2) is 5.96 Å². The highest BCUT2D eigenvalue weighted by Gasteiger charge is 2.27. The number of guanidine groups is 1. The van der Waals surface area contributed by atoms with Crippen LogP contribution in [-0.4, -0.2) is 76.1 Å². The lowest BCUT2D eigenvalue weighted by Crippen LogP contribution is -2.50. The van der Waals surface area contributed by atoms with Gasteiger partial charge in [0.1, 0.15) is 0 Å². The molecular weight excluding hydrogens is 467 g/mol. The normalized spacial score (nSPS) is 23.5. The molecule has 0 aromatic carbocycles. The van der Waals surface area contributed by atoms with Crippen molar-refractivity contribution in [2.24, 2.45) is 10.9 Å². The number of hydrogen-bond acceptors (Lipinski definition) is 4. The number of piperidine rings is 1. The molecule has 3 rings (SSSR count). The predicted molar refractivity (Wildman–Crippen MR) is 126 cm³/mol. The lowest BCUT2D eigenvalue weighted by Gasteiger charge is -2.36. The van der Waals surface area contributed by atoms with Gasteiger partial charge in [-0.05, 0) is 50.9 Å². The Morgan fingerprint density at radius 1 is 1.07 bits per heavy atom. The lowest BCUT2D eigenvalue weighted by atomic mass is 10.0. The highest BCUT2D eigenvalue weighted by molar-refractivity contribution is 14.0. The maximum Gasteiger partial charge on any atom is 0.191 e. The van der Waals surface area contributed by atoms with Crippen LogP contribution in [0.15, 0.2) is 4.99 Å². The van der Waals surface area contributed by atoms with Gasteiger partial charge in [0.25, 0.3) is 0 Å². The maximum atomic E-state index is 5.84. The Hall–Kier alpha value is -0.120. The number of halogens is 1. The summed E-state index contributed by atoms with van der Waals surface area (Å²) in [6.45, 7) is 6.89. The first-order valence-corrected chi connectivity index (χ1v) is 11.2. The summed E-state index contributed by atoms with van der Waals surface area (Å²) in [6.07, 6.45) is 11.5. The Labute approximate surface area is 188 Å². The fourth-order valence-corrected chi connectivity index (χ4v) is 4.61. The molecule has 1 saturated carbocycles. The van der Waals surface area contributed by atoms with Crippen LogP contribution in [0.5, 0.6) is 0 Å². The topological polar surface area (TPSA) is 58.1 Å². The first kappa shape index (κ1) is 24.2. The highest BCUT2D eigenvalue weighted by atomic mass is 127. The molecular formula is C21H41IN4O2. The molecule has 2 heterocycles. The number of hydrogen-bond donors (Lipinski definition) is 2. The highest BCUT2D eigenvalue weighted by Crippen LogP contribution is 2.26. The molecule has 0 atom stereocenters. The van der Waals surface area contributed by atoms with E-state index in [1.54, 1.807) is 0 Å². The van der Waals surface area contributed by atoms with Crippen molar-refractivity contribution < 1.29 is 9.47 Å². The van der Waals surface area contributed by atoms with Crippen LogP contribution in [0.4, 0.5) is 0 Å². The average Bonchev–Trinajstić information content (AvgIpc) is 3.26. The van der Waals surface area contributed by atoms with Crippen molar-refractivity contribution in [1.82, 2.24) is 15.5 Å². The molecule has 1 aliphatic carbocycles. The van der Waals surface area contributed by atoms with E-state index in [0.717, 1.165) is 64.2 Å². The molecule has 2 N–H and O–H groups in total. The van der Waals surface area contributed by atoms with E-state index in [9.17, 15) is 0 Å². The second-order valence-corrected chi connectivity index (χ2v) is 8.38. The van der Waals surface area contributed by atoms with E-state index in [1.165, 1.54) is 51.6 Å². The van der Waals surface area contributed by atoms with Crippen molar-refractivity contribution in [3.63, 3.8) is 0 Å². The van der Waals surface area contributed by atoms with Crippen molar-refractivity contribution in [3.8, 4) is 0 Å². The Morgan fingerprint density at radius 3 is 2.46 bits per heavy atom. The Balaban J connectivity index is 0.00000280. The Morgan fingerprint density at radius 2 is 1.79 bits per heavy atom. The minimum absolute atomic E-state index is 0. The molecule has 164 valence electrons. The van der Waals surface area contributed by atoms with Crippen molar-refractivity contribution >= 4 is 29.9 Å². The Kier molecular flexibility index (Phi) is 12.1. The van der Waals surface area contributed by atoms with Gasteiger partial charge >= 0.3 is 0 Å². The molecule has 3 aliphatic rings. The minimum Gasteiger partial charge on any atom is -0.381 e. The Bertz CT molecular complexity index is 432. The second-order valence-electron chi connectivity index (χ2n) is 8.38. The molecule has 0 amide bonds. The summed E-state index contributed by atoms with van der Waals surface area (Å²) in [7, 11) is 1.87. The van der Waals surface area contributed by atoms with E-state index in [1.807, 2.05) is 7.05 Å². The minimum atomic E-state index is 0. The third-order valence-electron chi connectivity index (χ3n) is 6.39. The monoisotopic (exact) mass is 508 g/mol. The van der Waals surface area contributed by atoms with Gasteiger partial charge in [0.05, 0.1) is 0 Å². The van der Waals surface area contributed by atoms with Crippen LogP contribution < -0.4 is 10.6 Å². The second kappa shape index (κ2) is 14.0. The fraction of sp³-hybridized carbons (Fsp3) is 0.952. The lowest BCUT2D eigenvalue weighted by molar-refractivity contribution is 0.0203. The van der Waals surface area contributed by atoms with Crippen LogP contribution in [-0.2, 0) is 9.47 Å². The molecule has 2 saturated heterocycles. The average molecular weight is 508 g/mol. The van der Waals surface area contributed by atoms with Crippen LogP contribution in [0.2, 0.25) is 0 Å². The van der Waals surface area contributed by atoms with Crippen LogP contribution in [0, 0.1) is 5.92 Å². The van der Waals surface area contributed by atoms with Crippen LogP contribution >= 0.6 is 24.0 Å². The molecule has 0 radical (unpaired) electrons. The van der Waals surface area contributed by atoms with Crippen LogP contribution in [0.3, 0.4) is 0 Å². The first-order chi connectivity index (χ1) is 13.3. The van der Waals surface area contributed by atoms with Gasteiger partial charge in [-0.15, -0.1) is 24.0 Å². The zero-order valence-electron chi connectivity index (χ0n) is 17.7. The van der Waals surface area contributed by atoms with Crippen LogP contribution in [0.25, 0.3) is 0 Å². The van der Waals surface area contributed by atoms with Gasteiger partial charge in [-0.25, -0.2) is 0 Å². The molecule has 2 aliphatic heterocycles. The smallest absolute Gasteiger partial charge is 0.191 e. The largest absolute Gasteiger partial charge is 0.381 e. The van der Waals surface area contributed by atoms with Gasteiger partial charge in [-0.1, -0.05) is 12.8 Å². The fourth-order valence-electron chi connectivity index (χ4n) is 4.61. The van der Waals surface area contributed by atoms with E-state index < -0.39 is 0 Å². The zero-order chi connectivity index (χ0) is 18.7. The molecule has 0 bridgehead atoms. The number of rotatable bonds is 8. The van der Waals surface area contributed by atoms with E-state index >= 15 is 0 Å². The zero-order valence-corrected chi connectivity index (χ0v) is 20.0. The molecule has 0 unspecified atom stereocenters. The van der Waals surface area contributed by atoms with Crippen molar-refractivity contribution in [1.29, 1.82) is 0 Å². The number of nitrogens with zero attached hydrogens (tertiary/aromatic N) is 2. The third kappa shape index (κ3) is 8.32. The molecule has 28 heavy (non-hydrogen) atoms. The molecule has 7 heteroatoms. The maximum absolute atomic E-state index is 5.84. The van der Waals surface area contributed by atoms with Gasteiger partial charge in [0.2, 0.25) is 0 Å². The molecule has 0 spiro atoms. The van der Waals surface area contributed by atoms with Gasteiger partial charge < -0.3 is 25.0 Å². The van der Waals surface area contributed by atoms with E-state index in [2.05, 4.69) is 20.5 Å². The number of ether oxygens (including phenoxy) is 2. The molecule has 6 nitrogen and oxygen atoms in total. The van der Waals surface area contributed by atoms with E-state index in [0.29, 0.717) is 12.0 Å². The van der Waals surface area contributed by atoms with Crippen molar-refractivity contribution in [3.05, 3.63) is 0 Å². The van der Waals surface area contributed by atoms with Gasteiger partial charge in [-0.3, -0.25) is 4.99 Å². The first-order valence-electron chi connectivity index (χ1n) is 11.2. The van der Waals surface area contributed by atoms with Crippen LogP contribution in [0.1, 0.15) is 57.8 Å². The molecule has 3 fully saturated rings. The van der Waals surface area contributed by atoms with Crippen molar-refractivity contribution in [2.45, 2.75) is 69.9 Å². The number of nitrogens with one attached hydrogen (secondary N) is 2. The van der Waals surface area contributed by atoms with E-state index in [4.69, 9.17) is 9.47 Å². The van der Waals surface area contributed by atoms with Crippen molar-refractivity contribution in [2.75, 3.05) is 53.1 Å². The summed E-state index contributed by atoms with van der Waals surface area (Å²) in [5.41, 5.74) is 0. The summed E-state index contributed by atoms with van der Waals surface area (Å²) in [6, 6.07) is 1.42. The summed E-state index contributed by atoms with van der Waals surface area (Å²) < 4.78 is 11.2. The number of aliphatic imine (C=N–C) groups is 1. The quantitative estimate of drug-likeness (QED) is 0.229. The SMILES string of the molecule is CN=C(NCCCOCC1CCOCC1)NC1CCN(C2CCCC2)CC1.I. The summed E-state index contributed by atoms with van der Waals surface area (Å²) >= 11 is 0. The summed E-state index contributed by atoms with van der Waals surface area (Å²) in [5, 5.41) is 7.06. The molecule has 0 aromatic heterocycles. The summed E-state index contributed by atoms with van der Waals surface area (Å²) in [4.78, 5) is 7.12. The number of likely N-dealkylation sites (tertiary alicyclic amines) is 1. The standard InChI is InChI=1S/C21H40N4O2.HI/c1-22-21(23-11-4-14-27-17-18-9-15-26-16-10-18)24-19-7-12-25(13-8-19)20-5-2-3-6-20;/h18-20H,2-17H2,1H3,(H2,22,23,24);1H. The predicted octanol–water partition coefficient (Wildman–Crippen LogP) is 3.01. The van der Waals surface area contributed by atoms with Gasteiger partial charge in [0, 0.05) is 65.2 Å². The molecule has 0 aromatic rings. The summed E-state index contributed by atoms with van der Waals surface area (Å²) in [5.74, 6) is 1.63. The van der Waals surface area contributed by atoms with Gasteiger partial charge in [-0.2, -0.15) is 0 Å². The van der Waals surface area contributed by atoms with E-state index in [-0.39, 0.29) is 24.0 Å².